The molecule has 1 aromatic rings. The molecule has 0 N–H and O–H groups in total. The summed E-state index contributed by atoms with van der Waals surface area (Å²) < 4.78 is 5.15. The van der Waals surface area contributed by atoms with Crippen molar-refractivity contribution in [2.75, 3.05) is 0 Å². The van der Waals surface area contributed by atoms with Crippen LogP contribution in [0.2, 0.25) is 0 Å². The number of furan rings is 1. The summed E-state index contributed by atoms with van der Waals surface area (Å²) in [6.07, 6.45) is 3.39. The highest BCUT2D eigenvalue weighted by molar-refractivity contribution is 5.77. The zero-order valence-corrected chi connectivity index (χ0v) is 7.54. The average Bonchev–Trinajstić information content (AvgIpc) is 2.51. The quantitative estimate of drug-likeness (QED) is 0.687. The van der Waals surface area contributed by atoms with Gasteiger partial charge < -0.3 is 4.42 Å². The number of ketones is 1. The Bertz CT molecular complexity index is 236. The SMILES string of the molecule is CC(=O)C(C)CCc1ccco1. The molecule has 2 nitrogen and oxygen atoms in total. The van der Waals surface area contributed by atoms with Crippen LogP contribution >= 0.6 is 0 Å². The van der Waals surface area contributed by atoms with E-state index in [-0.39, 0.29) is 11.7 Å². The Balaban J connectivity index is 2.31. The number of hydrogen-bond donors (Lipinski definition) is 0. The zero-order valence-electron chi connectivity index (χ0n) is 7.54. The molecular formula is C10H14O2. The van der Waals surface area contributed by atoms with Crippen LogP contribution in [0.1, 0.15) is 26.0 Å². The Kier molecular flexibility index (Phi) is 3.09. The van der Waals surface area contributed by atoms with E-state index >= 15 is 0 Å². The predicted octanol–water partition coefficient (Wildman–Crippen LogP) is 2.44. The third-order valence-electron chi connectivity index (χ3n) is 2.10. The Morgan fingerprint density at radius 2 is 2.42 bits per heavy atom. The van der Waals surface area contributed by atoms with Gasteiger partial charge in [-0.25, -0.2) is 0 Å². The molecule has 0 fully saturated rings. The van der Waals surface area contributed by atoms with Crippen molar-refractivity contribution in [2.45, 2.75) is 26.7 Å². The van der Waals surface area contributed by atoms with Crippen LogP contribution in [-0.4, -0.2) is 5.78 Å². The van der Waals surface area contributed by atoms with Crippen molar-refractivity contribution in [3.63, 3.8) is 0 Å². The van der Waals surface area contributed by atoms with Gasteiger partial charge in [-0.05, 0) is 25.5 Å². The fourth-order valence-electron chi connectivity index (χ4n) is 1.02. The van der Waals surface area contributed by atoms with Crippen LogP contribution in [0.25, 0.3) is 0 Å². The van der Waals surface area contributed by atoms with Crippen molar-refractivity contribution in [3.05, 3.63) is 24.2 Å². The monoisotopic (exact) mass is 166 g/mol. The molecule has 1 atom stereocenters. The van der Waals surface area contributed by atoms with Gasteiger partial charge in [0.1, 0.15) is 11.5 Å². The lowest BCUT2D eigenvalue weighted by molar-refractivity contribution is -0.120. The molecule has 0 radical (unpaired) electrons. The molecule has 12 heavy (non-hydrogen) atoms. The van der Waals surface area contributed by atoms with Gasteiger partial charge in [-0.1, -0.05) is 6.92 Å². The van der Waals surface area contributed by atoms with Gasteiger partial charge in [0.25, 0.3) is 0 Å². The fourth-order valence-corrected chi connectivity index (χ4v) is 1.02. The summed E-state index contributed by atoms with van der Waals surface area (Å²) in [7, 11) is 0. The maximum atomic E-state index is 10.9. The van der Waals surface area contributed by atoms with Crippen molar-refractivity contribution in [1.29, 1.82) is 0 Å². The average molecular weight is 166 g/mol. The lowest BCUT2D eigenvalue weighted by Gasteiger charge is -2.04. The first-order valence-electron chi connectivity index (χ1n) is 4.23. The van der Waals surface area contributed by atoms with Crippen molar-refractivity contribution in [1.82, 2.24) is 0 Å². The third-order valence-corrected chi connectivity index (χ3v) is 2.10. The molecule has 1 aromatic heterocycles. The van der Waals surface area contributed by atoms with Gasteiger partial charge in [-0.3, -0.25) is 4.79 Å². The predicted molar refractivity (Wildman–Crippen MR) is 46.9 cm³/mol. The van der Waals surface area contributed by atoms with Gasteiger partial charge >= 0.3 is 0 Å². The van der Waals surface area contributed by atoms with Crippen molar-refractivity contribution in [3.8, 4) is 0 Å². The minimum Gasteiger partial charge on any atom is -0.469 e. The Morgan fingerprint density at radius 3 is 2.92 bits per heavy atom. The maximum Gasteiger partial charge on any atom is 0.132 e. The minimum atomic E-state index is 0.148. The summed E-state index contributed by atoms with van der Waals surface area (Å²) in [5.41, 5.74) is 0. The molecule has 0 amide bonds. The van der Waals surface area contributed by atoms with Crippen LogP contribution in [-0.2, 0) is 11.2 Å². The lowest BCUT2D eigenvalue weighted by atomic mass is 10.0. The fraction of sp³-hybridized carbons (Fsp3) is 0.500. The van der Waals surface area contributed by atoms with Crippen LogP contribution in [0.4, 0.5) is 0 Å². The maximum absolute atomic E-state index is 10.9. The van der Waals surface area contributed by atoms with Crippen LogP contribution in [0.5, 0.6) is 0 Å². The van der Waals surface area contributed by atoms with Crippen molar-refractivity contribution in [2.24, 2.45) is 5.92 Å². The molecule has 0 aliphatic heterocycles. The number of carbonyl (C=O) groups excluding carboxylic acids is 1. The Morgan fingerprint density at radius 1 is 1.67 bits per heavy atom. The molecule has 0 saturated carbocycles. The lowest BCUT2D eigenvalue weighted by Crippen LogP contribution is -2.06. The highest BCUT2D eigenvalue weighted by atomic mass is 16.3. The topological polar surface area (TPSA) is 30.2 Å². The molecule has 0 spiro atoms. The molecule has 0 aliphatic carbocycles. The van der Waals surface area contributed by atoms with E-state index in [1.165, 1.54) is 0 Å². The number of rotatable bonds is 4. The first-order valence-corrected chi connectivity index (χ1v) is 4.23. The van der Waals surface area contributed by atoms with Crippen LogP contribution in [0.3, 0.4) is 0 Å². The largest absolute Gasteiger partial charge is 0.469 e. The van der Waals surface area contributed by atoms with Crippen molar-refractivity contribution < 1.29 is 9.21 Å². The first-order chi connectivity index (χ1) is 5.70. The van der Waals surface area contributed by atoms with E-state index < -0.39 is 0 Å². The zero-order chi connectivity index (χ0) is 8.97. The number of aryl methyl sites for hydroxylation is 1. The molecule has 1 heterocycles. The molecule has 0 aromatic carbocycles. The molecule has 0 aliphatic rings. The van der Waals surface area contributed by atoms with E-state index in [4.69, 9.17) is 4.42 Å². The summed E-state index contributed by atoms with van der Waals surface area (Å²) in [6.45, 7) is 3.58. The molecule has 0 bridgehead atoms. The van der Waals surface area contributed by atoms with Gasteiger partial charge in [0.2, 0.25) is 0 Å². The van der Waals surface area contributed by atoms with E-state index in [1.54, 1.807) is 13.2 Å². The number of hydrogen-bond acceptors (Lipinski definition) is 2. The van der Waals surface area contributed by atoms with Gasteiger partial charge in [0, 0.05) is 12.3 Å². The summed E-state index contributed by atoms with van der Waals surface area (Å²) in [5, 5.41) is 0. The Labute approximate surface area is 72.6 Å². The Hall–Kier alpha value is -1.05. The van der Waals surface area contributed by atoms with E-state index in [1.807, 2.05) is 19.1 Å². The summed E-state index contributed by atoms with van der Waals surface area (Å²) >= 11 is 0. The smallest absolute Gasteiger partial charge is 0.132 e. The standard InChI is InChI=1S/C10H14O2/c1-8(9(2)11)5-6-10-4-3-7-12-10/h3-4,7-8H,5-6H2,1-2H3. The van der Waals surface area contributed by atoms with E-state index in [9.17, 15) is 4.79 Å². The van der Waals surface area contributed by atoms with Gasteiger partial charge in [-0.15, -0.1) is 0 Å². The first kappa shape index (κ1) is 9.04. The second-order valence-electron chi connectivity index (χ2n) is 3.13. The second-order valence-corrected chi connectivity index (χ2v) is 3.13. The highest BCUT2D eigenvalue weighted by Crippen LogP contribution is 2.10. The second kappa shape index (κ2) is 4.10. The molecule has 2 heteroatoms. The molecule has 0 saturated heterocycles. The third kappa shape index (κ3) is 2.53. The molecule has 1 unspecified atom stereocenters. The summed E-state index contributed by atoms with van der Waals surface area (Å²) in [5.74, 6) is 1.36. The van der Waals surface area contributed by atoms with E-state index in [2.05, 4.69) is 0 Å². The molecular weight excluding hydrogens is 152 g/mol. The summed E-state index contributed by atoms with van der Waals surface area (Å²) in [6, 6.07) is 3.81. The van der Waals surface area contributed by atoms with Crippen molar-refractivity contribution >= 4 is 5.78 Å². The number of carbonyl (C=O) groups is 1. The number of Topliss-reactive ketones (excluding diaryl/α,β-unsaturated/α-hetero) is 1. The van der Waals surface area contributed by atoms with Crippen LogP contribution < -0.4 is 0 Å². The van der Waals surface area contributed by atoms with Crippen LogP contribution in [0, 0.1) is 5.92 Å². The van der Waals surface area contributed by atoms with Gasteiger partial charge in [0.05, 0.1) is 6.26 Å². The molecule has 1 rings (SSSR count). The molecule has 66 valence electrons. The summed E-state index contributed by atoms with van der Waals surface area (Å²) in [4.78, 5) is 10.9. The normalized spacial score (nSPS) is 12.8. The van der Waals surface area contributed by atoms with Gasteiger partial charge in [-0.2, -0.15) is 0 Å². The minimum absolute atomic E-state index is 0.148. The van der Waals surface area contributed by atoms with Gasteiger partial charge in [0.15, 0.2) is 0 Å². The van der Waals surface area contributed by atoms with E-state index in [0.29, 0.717) is 0 Å². The highest BCUT2D eigenvalue weighted by Gasteiger charge is 2.07. The van der Waals surface area contributed by atoms with E-state index in [0.717, 1.165) is 18.6 Å². The van der Waals surface area contributed by atoms with Crippen LogP contribution in [0.15, 0.2) is 22.8 Å².